The number of anilines is 1. The molecule has 31 heavy (non-hydrogen) atoms. The second-order valence-corrected chi connectivity index (χ2v) is 8.61. The van der Waals surface area contributed by atoms with Crippen molar-refractivity contribution in [3.05, 3.63) is 53.8 Å². The van der Waals surface area contributed by atoms with Gasteiger partial charge < -0.3 is 9.64 Å². The molecule has 0 spiro atoms. The van der Waals surface area contributed by atoms with Crippen LogP contribution in [0.4, 0.5) is 10.2 Å². The highest BCUT2D eigenvalue weighted by molar-refractivity contribution is 5.94. The van der Waals surface area contributed by atoms with Gasteiger partial charge in [-0.05, 0) is 74.6 Å². The van der Waals surface area contributed by atoms with Gasteiger partial charge in [-0.25, -0.2) is 19.2 Å². The fourth-order valence-electron chi connectivity index (χ4n) is 3.89. The predicted molar refractivity (Wildman–Crippen MR) is 121 cm³/mol. The molecule has 1 aliphatic rings. The van der Waals surface area contributed by atoms with E-state index in [1.165, 1.54) is 12.1 Å². The lowest BCUT2D eigenvalue weighted by Gasteiger charge is -2.25. The predicted octanol–water partition coefficient (Wildman–Crippen LogP) is 5.63. The number of halogens is 1. The zero-order valence-corrected chi connectivity index (χ0v) is 18.3. The monoisotopic (exact) mass is 421 g/mol. The molecule has 0 unspecified atom stereocenters. The van der Waals surface area contributed by atoms with Gasteiger partial charge in [0.05, 0.1) is 23.2 Å². The third-order valence-corrected chi connectivity index (χ3v) is 5.75. The van der Waals surface area contributed by atoms with E-state index in [1.54, 1.807) is 30.3 Å². The molecular formula is C25H28FN3O2. The van der Waals surface area contributed by atoms with E-state index in [4.69, 9.17) is 14.7 Å². The number of hydrogen-bond donors (Lipinski definition) is 0. The van der Waals surface area contributed by atoms with Gasteiger partial charge in [0.1, 0.15) is 11.5 Å². The first-order chi connectivity index (χ1) is 14.9. The van der Waals surface area contributed by atoms with Crippen molar-refractivity contribution in [3.8, 4) is 11.3 Å². The van der Waals surface area contributed by atoms with E-state index in [0.717, 1.165) is 42.9 Å². The van der Waals surface area contributed by atoms with Gasteiger partial charge in [-0.2, -0.15) is 0 Å². The van der Waals surface area contributed by atoms with Crippen molar-refractivity contribution in [3.63, 3.8) is 0 Å². The van der Waals surface area contributed by atoms with E-state index >= 15 is 0 Å². The maximum atomic E-state index is 13.5. The number of fused-ring (bicyclic) bond motifs is 1. The minimum absolute atomic E-state index is 0.283. The fraction of sp³-hybridized carbons (Fsp3) is 0.400. The van der Waals surface area contributed by atoms with Gasteiger partial charge >= 0.3 is 5.97 Å². The first-order valence-corrected chi connectivity index (χ1v) is 10.9. The summed E-state index contributed by atoms with van der Waals surface area (Å²) in [6.45, 7) is 7.67. The standard InChI is InChI=1S/C25H28FN3O2/c1-16(2)12-14-31-25(30)19-8-11-21-22(15-19)28-24(29-13-4-5-17(29)3)23(27-21)18-6-9-20(26)10-7-18/h6-11,15-17H,4-5,12-14H2,1-3H3/t17-/m0/s1. The third-order valence-electron chi connectivity index (χ3n) is 5.75. The maximum absolute atomic E-state index is 13.5. The van der Waals surface area contributed by atoms with Gasteiger partial charge in [0.25, 0.3) is 0 Å². The highest BCUT2D eigenvalue weighted by Gasteiger charge is 2.26. The van der Waals surface area contributed by atoms with Crippen LogP contribution in [0.5, 0.6) is 0 Å². The van der Waals surface area contributed by atoms with E-state index in [-0.39, 0.29) is 11.8 Å². The summed E-state index contributed by atoms with van der Waals surface area (Å²) >= 11 is 0. The lowest BCUT2D eigenvalue weighted by molar-refractivity contribution is 0.0488. The molecule has 2 aromatic carbocycles. The molecule has 1 aromatic heterocycles. The summed E-state index contributed by atoms with van der Waals surface area (Å²) in [4.78, 5) is 24.5. The van der Waals surface area contributed by atoms with Gasteiger partial charge in [0, 0.05) is 18.2 Å². The van der Waals surface area contributed by atoms with Crippen LogP contribution in [0.1, 0.15) is 50.4 Å². The summed E-state index contributed by atoms with van der Waals surface area (Å²) in [6.07, 6.45) is 3.01. The molecule has 0 saturated carbocycles. The zero-order valence-electron chi connectivity index (χ0n) is 18.3. The number of aromatic nitrogens is 2. The lowest BCUT2D eigenvalue weighted by atomic mass is 10.1. The molecule has 0 aliphatic carbocycles. The molecule has 1 aliphatic heterocycles. The lowest BCUT2D eigenvalue weighted by Crippen LogP contribution is -2.28. The number of hydrogen-bond acceptors (Lipinski definition) is 5. The molecule has 1 fully saturated rings. The van der Waals surface area contributed by atoms with E-state index in [1.807, 2.05) is 0 Å². The first-order valence-electron chi connectivity index (χ1n) is 10.9. The Labute approximate surface area is 182 Å². The molecule has 0 amide bonds. The van der Waals surface area contributed by atoms with Crippen LogP contribution in [-0.2, 0) is 4.74 Å². The van der Waals surface area contributed by atoms with Crippen molar-refractivity contribution < 1.29 is 13.9 Å². The van der Waals surface area contributed by atoms with Crippen LogP contribution in [0.3, 0.4) is 0 Å². The van der Waals surface area contributed by atoms with E-state index in [2.05, 4.69) is 25.7 Å². The van der Waals surface area contributed by atoms with E-state index in [0.29, 0.717) is 35.2 Å². The first kappa shape index (κ1) is 21.2. The molecule has 5 nitrogen and oxygen atoms in total. The van der Waals surface area contributed by atoms with Crippen LogP contribution in [0.25, 0.3) is 22.3 Å². The number of benzene rings is 2. The fourth-order valence-corrected chi connectivity index (χ4v) is 3.89. The summed E-state index contributed by atoms with van der Waals surface area (Å²) < 4.78 is 18.9. The summed E-state index contributed by atoms with van der Waals surface area (Å²) in [5.41, 5.74) is 3.36. The Bertz CT molecular complexity index is 1080. The van der Waals surface area contributed by atoms with E-state index in [9.17, 15) is 9.18 Å². The number of carbonyl (C=O) groups is 1. The van der Waals surface area contributed by atoms with Crippen LogP contribution < -0.4 is 4.90 Å². The van der Waals surface area contributed by atoms with Crippen molar-refractivity contribution in [2.45, 2.75) is 46.1 Å². The molecule has 0 N–H and O–H groups in total. The van der Waals surface area contributed by atoms with Gasteiger partial charge in [-0.15, -0.1) is 0 Å². The second-order valence-electron chi connectivity index (χ2n) is 8.61. The molecule has 1 atom stereocenters. The van der Waals surface area contributed by atoms with Crippen molar-refractivity contribution >= 4 is 22.8 Å². The smallest absolute Gasteiger partial charge is 0.338 e. The SMILES string of the molecule is CC(C)CCOC(=O)c1ccc2nc(-c3ccc(F)cc3)c(N3CCC[C@@H]3C)nc2c1. The quantitative estimate of drug-likeness (QED) is 0.483. The summed E-state index contributed by atoms with van der Waals surface area (Å²) in [7, 11) is 0. The number of esters is 1. The zero-order chi connectivity index (χ0) is 22.0. The van der Waals surface area contributed by atoms with Gasteiger partial charge in [0.15, 0.2) is 5.82 Å². The van der Waals surface area contributed by atoms with Crippen molar-refractivity contribution in [2.75, 3.05) is 18.1 Å². The van der Waals surface area contributed by atoms with Gasteiger partial charge in [-0.1, -0.05) is 13.8 Å². The minimum Gasteiger partial charge on any atom is -0.462 e. The van der Waals surface area contributed by atoms with Crippen LogP contribution in [0, 0.1) is 11.7 Å². The van der Waals surface area contributed by atoms with Crippen LogP contribution in [-0.4, -0.2) is 35.1 Å². The summed E-state index contributed by atoms with van der Waals surface area (Å²) in [5.74, 6) is 0.622. The number of ether oxygens (including phenoxy) is 1. The van der Waals surface area contributed by atoms with Gasteiger partial charge in [-0.3, -0.25) is 0 Å². The van der Waals surface area contributed by atoms with Crippen molar-refractivity contribution in [2.24, 2.45) is 5.92 Å². The van der Waals surface area contributed by atoms with E-state index < -0.39 is 0 Å². The average molecular weight is 422 g/mol. The normalized spacial score (nSPS) is 16.3. The van der Waals surface area contributed by atoms with Gasteiger partial charge in [0.2, 0.25) is 0 Å². The number of rotatable bonds is 6. The van der Waals surface area contributed by atoms with Crippen molar-refractivity contribution in [1.82, 2.24) is 9.97 Å². The van der Waals surface area contributed by atoms with Crippen LogP contribution in [0.2, 0.25) is 0 Å². The maximum Gasteiger partial charge on any atom is 0.338 e. The highest BCUT2D eigenvalue weighted by Crippen LogP contribution is 2.34. The molecular weight excluding hydrogens is 393 g/mol. The molecule has 1 saturated heterocycles. The van der Waals surface area contributed by atoms with Crippen LogP contribution >= 0.6 is 0 Å². The number of nitrogens with zero attached hydrogens (tertiary/aromatic N) is 3. The summed E-state index contributed by atoms with van der Waals surface area (Å²) in [5, 5.41) is 0. The molecule has 4 rings (SSSR count). The topological polar surface area (TPSA) is 55.3 Å². The molecule has 162 valence electrons. The minimum atomic E-state index is -0.344. The summed E-state index contributed by atoms with van der Waals surface area (Å²) in [6, 6.07) is 12.0. The second kappa shape index (κ2) is 9.00. The van der Waals surface area contributed by atoms with Crippen LogP contribution in [0.15, 0.2) is 42.5 Å². The third kappa shape index (κ3) is 4.68. The average Bonchev–Trinajstić information content (AvgIpc) is 3.18. The Morgan fingerprint density at radius 3 is 2.61 bits per heavy atom. The Morgan fingerprint density at radius 1 is 1.16 bits per heavy atom. The Balaban J connectivity index is 1.74. The highest BCUT2D eigenvalue weighted by atomic mass is 19.1. The Kier molecular flexibility index (Phi) is 6.16. The molecule has 3 aromatic rings. The largest absolute Gasteiger partial charge is 0.462 e. The van der Waals surface area contributed by atoms with Crippen molar-refractivity contribution in [1.29, 1.82) is 0 Å². The molecule has 0 bridgehead atoms. The Morgan fingerprint density at radius 2 is 1.94 bits per heavy atom. The molecule has 0 radical (unpaired) electrons. The molecule has 2 heterocycles. The Hall–Kier alpha value is -3.02. The molecule has 6 heteroatoms. The number of carbonyl (C=O) groups excluding carboxylic acids is 1.